The maximum absolute atomic E-state index is 12.8. The molecule has 0 bridgehead atoms. The summed E-state index contributed by atoms with van der Waals surface area (Å²) < 4.78 is 34.1. The number of nitrogens with zero attached hydrogens (tertiary/aromatic N) is 1. The van der Waals surface area contributed by atoms with E-state index in [1.165, 1.54) is 6.08 Å². The minimum absolute atomic E-state index is 0.0434. The molecule has 1 aliphatic rings. The van der Waals surface area contributed by atoms with Crippen molar-refractivity contribution < 1.29 is 22.7 Å². The lowest BCUT2D eigenvalue weighted by atomic mass is 10.1. The van der Waals surface area contributed by atoms with Gasteiger partial charge in [0.05, 0.1) is 25.7 Å². The maximum Gasteiger partial charge on any atom is 0.246 e. The smallest absolute Gasteiger partial charge is 0.246 e. The highest BCUT2D eigenvalue weighted by Gasteiger charge is 2.34. The Morgan fingerprint density at radius 3 is 2.58 bits per heavy atom. The van der Waals surface area contributed by atoms with Crippen LogP contribution in [0.25, 0.3) is 6.08 Å². The van der Waals surface area contributed by atoms with Crippen LogP contribution in [0.4, 0.5) is 0 Å². The first kappa shape index (κ1) is 20.3. The van der Waals surface area contributed by atoms with Gasteiger partial charge in [-0.15, -0.1) is 0 Å². The van der Waals surface area contributed by atoms with Gasteiger partial charge in [0, 0.05) is 24.2 Å². The standard InChI is InChI=1S/C19H27NO5S/c1-14(2)12-20(16-9-10-26(22,23)13-16)19(21)8-5-15-11-17(24-3)6-7-18(15)25-4/h5-8,11,14,16H,9-10,12-13H2,1-4H3/b8-5+. The van der Waals surface area contributed by atoms with Crippen LogP contribution in [0.1, 0.15) is 25.8 Å². The van der Waals surface area contributed by atoms with Crippen LogP contribution in [-0.4, -0.2) is 57.5 Å². The normalized spacial score (nSPS) is 19.0. The molecule has 0 N–H and O–H groups in total. The van der Waals surface area contributed by atoms with E-state index in [-0.39, 0.29) is 29.4 Å². The number of sulfone groups is 1. The Morgan fingerprint density at radius 1 is 1.31 bits per heavy atom. The summed E-state index contributed by atoms with van der Waals surface area (Å²) in [7, 11) is 0.0886. The summed E-state index contributed by atoms with van der Waals surface area (Å²) in [6.45, 7) is 4.55. The quantitative estimate of drug-likeness (QED) is 0.678. The number of carbonyl (C=O) groups is 1. The van der Waals surface area contributed by atoms with Crippen molar-refractivity contribution >= 4 is 21.8 Å². The van der Waals surface area contributed by atoms with E-state index < -0.39 is 9.84 Å². The molecule has 0 spiro atoms. The van der Waals surface area contributed by atoms with Crippen molar-refractivity contribution in [1.29, 1.82) is 0 Å². The molecule has 7 heteroatoms. The Balaban J connectivity index is 2.22. The lowest BCUT2D eigenvalue weighted by molar-refractivity contribution is -0.128. The summed E-state index contributed by atoms with van der Waals surface area (Å²) >= 11 is 0. The fourth-order valence-corrected chi connectivity index (χ4v) is 4.79. The largest absolute Gasteiger partial charge is 0.497 e. The average Bonchev–Trinajstić information content (AvgIpc) is 2.96. The molecule has 26 heavy (non-hydrogen) atoms. The molecule has 1 fully saturated rings. The highest BCUT2D eigenvalue weighted by Crippen LogP contribution is 2.25. The van der Waals surface area contributed by atoms with Crippen molar-refractivity contribution in [2.24, 2.45) is 5.92 Å². The van der Waals surface area contributed by atoms with Crippen LogP contribution in [0, 0.1) is 5.92 Å². The van der Waals surface area contributed by atoms with Crippen molar-refractivity contribution in [1.82, 2.24) is 4.90 Å². The first-order valence-corrected chi connectivity index (χ1v) is 10.5. The minimum Gasteiger partial charge on any atom is -0.497 e. The van der Waals surface area contributed by atoms with Crippen LogP contribution in [0.2, 0.25) is 0 Å². The number of benzene rings is 1. The second kappa shape index (κ2) is 8.58. The maximum atomic E-state index is 12.8. The van der Waals surface area contributed by atoms with Crippen molar-refractivity contribution in [2.75, 3.05) is 32.3 Å². The van der Waals surface area contributed by atoms with Crippen molar-refractivity contribution in [3.8, 4) is 11.5 Å². The molecule has 2 rings (SSSR count). The van der Waals surface area contributed by atoms with Crippen LogP contribution in [-0.2, 0) is 14.6 Å². The monoisotopic (exact) mass is 381 g/mol. The van der Waals surface area contributed by atoms with Gasteiger partial charge in [0.15, 0.2) is 9.84 Å². The molecule has 0 radical (unpaired) electrons. The van der Waals surface area contributed by atoms with E-state index in [9.17, 15) is 13.2 Å². The van der Waals surface area contributed by atoms with E-state index >= 15 is 0 Å². The summed E-state index contributed by atoms with van der Waals surface area (Å²) in [4.78, 5) is 14.5. The number of hydrogen-bond acceptors (Lipinski definition) is 5. The Morgan fingerprint density at radius 2 is 2.04 bits per heavy atom. The third kappa shape index (κ3) is 5.24. The summed E-state index contributed by atoms with van der Waals surface area (Å²) in [5.74, 6) is 1.55. The Labute approximate surface area is 155 Å². The van der Waals surface area contributed by atoms with Gasteiger partial charge in [-0.3, -0.25) is 4.79 Å². The predicted molar refractivity (Wildman–Crippen MR) is 102 cm³/mol. The molecule has 1 aromatic rings. The second-order valence-electron chi connectivity index (χ2n) is 6.88. The van der Waals surface area contributed by atoms with E-state index in [4.69, 9.17) is 9.47 Å². The third-order valence-electron chi connectivity index (χ3n) is 4.34. The molecule has 1 unspecified atom stereocenters. The topological polar surface area (TPSA) is 72.9 Å². The third-order valence-corrected chi connectivity index (χ3v) is 6.09. The Kier molecular flexibility index (Phi) is 6.69. The molecule has 1 aliphatic heterocycles. The second-order valence-corrected chi connectivity index (χ2v) is 9.11. The molecule has 1 aromatic carbocycles. The average molecular weight is 381 g/mol. The van der Waals surface area contributed by atoms with Gasteiger partial charge in [0.25, 0.3) is 0 Å². The first-order valence-electron chi connectivity index (χ1n) is 8.67. The molecule has 1 atom stereocenters. The van der Waals surface area contributed by atoms with Crippen LogP contribution in [0.5, 0.6) is 11.5 Å². The zero-order valence-electron chi connectivity index (χ0n) is 15.8. The lowest BCUT2D eigenvalue weighted by Gasteiger charge is -2.29. The van der Waals surface area contributed by atoms with E-state index in [0.29, 0.717) is 24.5 Å². The minimum atomic E-state index is -3.05. The van der Waals surface area contributed by atoms with Gasteiger partial charge in [0.2, 0.25) is 5.91 Å². The number of rotatable bonds is 7. The number of hydrogen-bond donors (Lipinski definition) is 0. The van der Waals surface area contributed by atoms with Gasteiger partial charge in [-0.2, -0.15) is 0 Å². The zero-order chi connectivity index (χ0) is 19.3. The van der Waals surface area contributed by atoms with Crippen molar-refractivity contribution in [3.05, 3.63) is 29.8 Å². The summed E-state index contributed by atoms with van der Waals surface area (Å²) in [5.41, 5.74) is 0.726. The lowest BCUT2D eigenvalue weighted by Crippen LogP contribution is -2.42. The zero-order valence-corrected chi connectivity index (χ0v) is 16.6. The SMILES string of the molecule is COc1ccc(OC)c(/C=C/C(=O)N(CC(C)C)C2CCS(=O)(=O)C2)c1. The van der Waals surface area contributed by atoms with Gasteiger partial charge in [0.1, 0.15) is 11.5 Å². The Bertz CT molecular complexity index is 770. The van der Waals surface area contributed by atoms with Gasteiger partial charge >= 0.3 is 0 Å². The fourth-order valence-electron chi connectivity index (χ4n) is 3.06. The molecular weight excluding hydrogens is 354 g/mol. The van der Waals surface area contributed by atoms with Gasteiger partial charge in [-0.05, 0) is 36.6 Å². The molecule has 0 aliphatic carbocycles. The van der Waals surface area contributed by atoms with Crippen LogP contribution in [0.15, 0.2) is 24.3 Å². The van der Waals surface area contributed by atoms with E-state index in [2.05, 4.69) is 0 Å². The van der Waals surface area contributed by atoms with Gasteiger partial charge in [-0.25, -0.2) is 8.42 Å². The first-order chi connectivity index (χ1) is 12.3. The van der Waals surface area contributed by atoms with E-state index in [1.807, 2.05) is 13.8 Å². The van der Waals surface area contributed by atoms with Crippen LogP contribution >= 0.6 is 0 Å². The van der Waals surface area contributed by atoms with Gasteiger partial charge < -0.3 is 14.4 Å². The van der Waals surface area contributed by atoms with E-state index in [0.717, 1.165) is 5.56 Å². The summed E-state index contributed by atoms with van der Waals surface area (Å²) in [5, 5.41) is 0. The molecule has 6 nitrogen and oxygen atoms in total. The van der Waals surface area contributed by atoms with Gasteiger partial charge in [-0.1, -0.05) is 13.8 Å². The molecular formula is C19H27NO5S. The molecule has 1 amide bonds. The van der Waals surface area contributed by atoms with Crippen LogP contribution in [0.3, 0.4) is 0 Å². The summed E-state index contributed by atoms with van der Waals surface area (Å²) in [6.07, 6.45) is 3.65. The Hall–Kier alpha value is -2.02. The highest BCUT2D eigenvalue weighted by molar-refractivity contribution is 7.91. The highest BCUT2D eigenvalue weighted by atomic mass is 32.2. The molecule has 0 aromatic heterocycles. The molecule has 1 heterocycles. The predicted octanol–water partition coefficient (Wildman–Crippen LogP) is 2.39. The number of methoxy groups -OCH3 is 2. The van der Waals surface area contributed by atoms with Crippen molar-refractivity contribution in [3.63, 3.8) is 0 Å². The number of ether oxygens (including phenoxy) is 2. The van der Waals surface area contributed by atoms with Crippen molar-refractivity contribution in [2.45, 2.75) is 26.3 Å². The fraction of sp³-hybridized carbons (Fsp3) is 0.526. The molecule has 0 saturated carbocycles. The summed E-state index contributed by atoms with van der Waals surface area (Å²) in [6, 6.07) is 5.09. The number of carbonyl (C=O) groups excluding carboxylic acids is 1. The van der Waals surface area contributed by atoms with E-state index in [1.54, 1.807) is 43.4 Å². The number of amides is 1. The van der Waals surface area contributed by atoms with Crippen LogP contribution < -0.4 is 9.47 Å². The molecule has 144 valence electrons. The molecule has 1 saturated heterocycles.